The van der Waals surface area contributed by atoms with Crippen molar-refractivity contribution in [1.82, 2.24) is 0 Å². The Morgan fingerprint density at radius 1 is 0.815 bits per heavy atom. The topological polar surface area (TPSA) is 12.2 Å². The Bertz CT molecular complexity index is 923. The monoisotopic (exact) mass is 397 g/mol. The van der Waals surface area contributed by atoms with Gasteiger partial charge in [0.25, 0.3) is 0 Å². The number of nitrogens with zero attached hydrogens (tertiary/aromatic N) is 1. The van der Waals surface area contributed by atoms with Gasteiger partial charge in [-0.25, -0.2) is 0 Å². The molecule has 138 valence electrons. The maximum Gasteiger partial charge on any atom is 0.223 e. The minimum absolute atomic E-state index is 0.655. The van der Waals surface area contributed by atoms with E-state index in [2.05, 4.69) is 48.2 Å². The van der Waals surface area contributed by atoms with Crippen molar-refractivity contribution in [2.75, 3.05) is 12.0 Å². The van der Waals surface area contributed by atoms with Crippen LogP contribution in [-0.2, 0) is 12.0 Å². The van der Waals surface area contributed by atoms with E-state index in [0.29, 0.717) is 0 Å². The van der Waals surface area contributed by atoms with E-state index >= 15 is 0 Å². The van der Waals surface area contributed by atoms with Gasteiger partial charge in [-0.2, -0.15) is 0 Å². The summed E-state index contributed by atoms with van der Waals surface area (Å²) >= 11 is 13.9. The van der Waals surface area contributed by atoms with Crippen LogP contribution in [0, 0.1) is 0 Å². The smallest absolute Gasteiger partial charge is 0.223 e. The molecule has 0 N–H and O–H groups in total. The molecule has 1 saturated heterocycles. The van der Waals surface area contributed by atoms with Crippen LogP contribution in [0.25, 0.3) is 0 Å². The van der Waals surface area contributed by atoms with Gasteiger partial charge < -0.3 is 9.64 Å². The zero-order chi connectivity index (χ0) is 19.1. The van der Waals surface area contributed by atoms with E-state index in [1.54, 1.807) is 7.11 Å². The van der Waals surface area contributed by atoms with Crippen molar-refractivity contribution < 1.29 is 4.74 Å². The third-order valence-corrected chi connectivity index (χ3v) is 6.19. The highest BCUT2D eigenvalue weighted by atomic mass is 35.5. The fourth-order valence-corrected chi connectivity index (χ4v) is 4.80. The van der Waals surface area contributed by atoms with Crippen LogP contribution in [0.1, 0.15) is 23.6 Å². The van der Waals surface area contributed by atoms with Gasteiger partial charge in [0.2, 0.25) is 4.46 Å². The number of aryl methyl sites for hydroxylation is 1. The van der Waals surface area contributed by atoms with Crippen molar-refractivity contribution in [2.45, 2.75) is 23.3 Å². The van der Waals surface area contributed by atoms with Crippen LogP contribution >= 0.6 is 23.2 Å². The molecule has 1 heterocycles. The van der Waals surface area contributed by atoms with Gasteiger partial charge in [-0.15, -0.1) is 0 Å². The second-order valence-corrected chi connectivity index (χ2v) is 7.99. The zero-order valence-electron chi connectivity index (χ0n) is 15.3. The molecule has 0 aromatic heterocycles. The van der Waals surface area contributed by atoms with Crippen LogP contribution in [0.5, 0.6) is 5.75 Å². The standard InChI is InChI=1S/C23H21Cl2NO/c1-3-17-9-13-20(14-10-17)26-22(23(26,24)25,18-7-5-4-6-8-18)19-11-15-21(27-2)16-12-19/h4-16H,3H2,1-2H3. The Balaban J connectivity index is 1.87. The quantitative estimate of drug-likeness (QED) is 0.290. The number of ether oxygens (including phenoxy) is 1. The summed E-state index contributed by atoms with van der Waals surface area (Å²) in [6, 6.07) is 26.6. The SMILES string of the molecule is CCc1ccc(N2C(Cl)(Cl)C2(c2ccccc2)c2ccc(OC)cc2)cc1. The van der Waals surface area contributed by atoms with Crippen molar-refractivity contribution >= 4 is 28.9 Å². The van der Waals surface area contributed by atoms with E-state index in [9.17, 15) is 0 Å². The molecule has 0 aliphatic carbocycles. The fraction of sp³-hybridized carbons (Fsp3) is 0.217. The van der Waals surface area contributed by atoms with Crippen LogP contribution < -0.4 is 9.64 Å². The Kier molecular flexibility index (Phi) is 4.57. The van der Waals surface area contributed by atoms with E-state index in [1.807, 2.05) is 42.5 Å². The van der Waals surface area contributed by atoms with Gasteiger partial charge in [0.15, 0.2) is 0 Å². The third-order valence-electron chi connectivity index (χ3n) is 5.30. The van der Waals surface area contributed by atoms with Gasteiger partial charge in [-0.3, -0.25) is 0 Å². The van der Waals surface area contributed by atoms with E-state index in [-0.39, 0.29) is 0 Å². The summed E-state index contributed by atoms with van der Waals surface area (Å²) in [7, 11) is 1.66. The van der Waals surface area contributed by atoms with E-state index in [0.717, 1.165) is 29.0 Å². The summed E-state index contributed by atoms with van der Waals surface area (Å²) in [6.45, 7) is 2.14. The predicted molar refractivity (Wildman–Crippen MR) is 113 cm³/mol. The normalized spacial score (nSPS) is 20.4. The average molecular weight is 398 g/mol. The fourth-order valence-electron chi connectivity index (χ4n) is 3.83. The zero-order valence-corrected chi connectivity index (χ0v) is 16.8. The van der Waals surface area contributed by atoms with E-state index < -0.39 is 10.00 Å². The summed E-state index contributed by atoms with van der Waals surface area (Å²) in [5.74, 6) is 0.802. The summed E-state index contributed by atoms with van der Waals surface area (Å²) in [5.41, 5.74) is 3.71. The molecule has 0 amide bonds. The Morgan fingerprint density at radius 2 is 1.41 bits per heavy atom. The van der Waals surface area contributed by atoms with Crippen LogP contribution in [0.15, 0.2) is 78.9 Å². The second kappa shape index (κ2) is 6.78. The Labute approximate surface area is 170 Å². The van der Waals surface area contributed by atoms with E-state index in [1.165, 1.54) is 5.56 Å². The van der Waals surface area contributed by atoms with Crippen LogP contribution in [-0.4, -0.2) is 11.6 Å². The summed E-state index contributed by atoms with van der Waals surface area (Å²) in [5, 5.41) is 0. The molecule has 0 saturated carbocycles. The highest BCUT2D eigenvalue weighted by molar-refractivity contribution is 6.54. The molecule has 0 radical (unpaired) electrons. The van der Waals surface area contributed by atoms with Gasteiger partial charge in [0, 0.05) is 5.69 Å². The molecule has 1 unspecified atom stereocenters. The molecule has 2 nitrogen and oxygen atoms in total. The number of hydrogen-bond donors (Lipinski definition) is 0. The lowest BCUT2D eigenvalue weighted by Gasteiger charge is -2.19. The molecule has 3 aromatic rings. The molecule has 4 rings (SSSR count). The van der Waals surface area contributed by atoms with Crippen molar-refractivity contribution in [2.24, 2.45) is 0 Å². The minimum atomic E-state index is -1.09. The van der Waals surface area contributed by atoms with Crippen LogP contribution in [0.3, 0.4) is 0 Å². The number of hydrogen-bond acceptors (Lipinski definition) is 2. The lowest BCUT2D eigenvalue weighted by molar-refractivity contribution is 0.414. The highest BCUT2D eigenvalue weighted by Crippen LogP contribution is 2.68. The number of anilines is 1. The maximum absolute atomic E-state index is 6.94. The first-order valence-corrected chi connectivity index (χ1v) is 9.78. The van der Waals surface area contributed by atoms with Crippen molar-refractivity contribution in [3.8, 4) is 5.75 Å². The predicted octanol–water partition coefficient (Wildman–Crippen LogP) is 6.15. The van der Waals surface area contributed by atoms with Gasteiger partial charge in [0.1, 0.15) is 11.3 Å². The van der Waals surface area contributed by atoms with Crippen LogP contribution in [0.4, 0.5) is 5.69 Å². The molecule has 1 fully saturated rings. The lowest BCUT2D eigenvalue weighted by Crippen LogP contribution is -2.19. The summed E-state index contributed by atoms with van der Waals surface area (Å²) in [6.07, 6.45) is 0.996. The van der Waals surface area contributed by atoms with Gasteiger partial charge >= 0.3 is 0 Å². The van der Waals surface area contributed by atoms with E-state index in [4.69, 9.17) is 27.9 Å². The molecule has 1 atom stereocenters. The molecule has 1 aliphatic heterocycles. The molecule has 4 heteroatoms. The van der Waals surface area contributed by atoms with Crippen molar-refractivity contribution in [3.63, 3.8) is 0 Å². The minimum Gasteiger partial charge on any atom is -0.497 e. The number of methoxy groups -OCH3 is 1. The Morgan fingerprint density at radius 3 is 1.96 bits per heavy atom. The molecular weight excluding hydrogens is 377 g/mol. The third kappa shape index (κ3) is 2.70. The molecule has 1 aliphatic rings. The van der Waals surface area contributed by atoms with Gasteiger partial charge in [-0.05, 0) is 47.4 Å². The highest BCUT2D eigenvalue weighted by Gasteiger charge is 2.76. The first-order chi connectivity index (χ1) is 13.1. The summed E-state index contributed by atoms with van der Waals surface area (Å²) in [4.78, 5) is 2.07. The number of halogens is 2. The maximum atomic E-state index is 6.94. The molecule has 27 heavy (non-hydrogen) atoms. The van der Waals surface area contributed by atoms with Gasteiger partial charge in [-0.1, -0.05) is 84.7 Å². The summed E-state index contributed by atoms with van der Waals surface area (Å²) < 4.78 is 4.23. The second-order valence-electron chi connectivity index (χ2n) is 6.70. The molecule has 3 aromatic carbocycles. The first-order valence-electron chi connectivity index (χ1n) is 9.03. The molecule has 0 spiro atoms. The van der Waals surface area contributed by atoms with Crippen molar-refractivity contribution in [3.05, 3.63) is 95.6 Å². The first kappa shape index (κ1) is 18.2. The van der Waals surface area contributed by atoms with Crippen molar-refractivity contribution in [1.29, 1.82) is 0 Å². The largest absolute Gasteiger partial charge is 0.497 e. The average Bonchev–Trinajstić information content (AvgIpc) is 3.25. The molecule has 0 bridgehead atoms. The number of benzene rings is 3. The Hall–Kier alpha value is -2.16. The van der Waals surface area contributed by atoms with Gasteiger partial charge in [0.05, 0.1) is 7.11 Å². The number of rotatable bonds is 5. The van der Waals surface area contributed by atoms with Crippen LogP contribution in [0.2, 0.25) is 0 Å². The lowest BCUT2D eigenvalue weighted by atomic mass is 9.90. The number of alkyl halides is 2. The molecular formula is C23H21Cl2NO.